The van der Waals surface area contributed by atoms with E-state index in [4.69, 9.17) is 16.3 Å². The molecule has 6 nitrogen and oxygen atoms in total. The van der Waals surface area contributed by atoms with Crippen molar-refractivity contribution in [3.05, 3.63) is 65.2 Å². The molecule has 0 aromatic heterocycles. The minimum atomic E-state index is -0.541. The Morgan fingerprint density at radius 2 is 1.71 bits per heavy atom. The minimum Gasteiger partial charge on any atom is -0.488 e. The summed E-state index contributed by atoms with van der Waals surface area (Å²) in [5, 5.41) is 0. The number of carbonyl (C=O) groups is 2. The average molecular weight is 285 g/mol. The van der Waals surface area contributed by atoms with Crippen molar-refractivity contribution in [2.75, 3.05) is 0 Å². The summed E-state index contributed by atoms with van der Waals surface area (Å²) in [6, 6.07) is 13.5. The lowest BCUT2D eigenvalue weighted by atomic mass is 10.1. The van der Waals surface area contributed by atoms with Gasteiger partial charge in [0.1, 0.15) is 12.4 Å². The first-order chi connectivity index (χ1) is 10.1. The van der Waals surface area contributed by atoms with E-state index in [1.165, 1.54) is 0 Å². The highest BCUT2D eigenvalue weighted by Gasteiger charge is 2.08. The van der Waals surface area contributed by atoms with Crippen molar-refractivity contribution in [1.82, 2.24) is 5.43 Å². The number of primary amides is 1. The third-order valence-electron chi connectivity index (χ3n) is 2.89. The maximum absolute atomic E-state index is 11.3. The molecule has 5 N–H and O–H groups in total. The molecule has 0 saturated carbocycles. The lowest BCUT2D eigenvalue weighted by molar-refractivity contribution is 0.0952. The van der Waals surface area contributed by atoms with E-state index in [1.54, 1.807) is 48.5 Å². The molecule has 0 heterocycles. The second kappa shape index (κ2) is 6.53. The van der Waals surface area contributed by atoms with Gasteiger partial charge >= 0.3 is 0 Å². The Balaban J connectivity index is 2.07. The van der Waals surface area contributed by atoms with E-state index in [-0.39, 0.29) is 12.5 Å². The van der Waals surface area contributed by atoms with Gasteiger partial charge in [-0.1, -0.05) is 24.3 Å². The van der Waals surface area contributed by atoms with Crippen molar-refractivity contribution in [3.8, 4) is 5.75 Å². The maximum Gasteiger partial charge on any atom is 0.265 e. The first-order valence-electron chi connectivity index (χ1n) is 6.23. The third kappa shape index (κ3) is 3.58. The van der Waals surface area contributed by atoms with Gasteiger partial charge in [-0.05, 0) is 29.8 Å². The van der Waals surface area contributed by atoms with Crippen molar-refractivity contribution in [2.45, 2.75) is 6.61 Å². The molecule has 2 amide bonds. The number of nitrogen functional groups attached to an aromatic ring is 1. The standard InChI is InChI=1S/C15H15N3O3/c16-14(19)12-3-1-2-4-13(12)21-9-10-5-7-11(8-6-10)15(20)18-17/h1-8H,9,17H2,(H2,16,19)(H,18,20). The Labute approximate surface area is 121 Å². The lowest BCUT2D eigenvalue weighted by Gasteiger charge is -2.09. The molecular weight excluding hydrogens is 270 g/mol. The molecule has 0 atom stereocenters. The average Bonchev–Trinajstić information content (AvgIpc) is 2.52. The number of hydrogen-bond donors (Lipinski definition) is 3. The van der Waals surface area contributed by atoms with E-state index < -0.39 is 5.91 Å². The van der Waals surface area contributed by atoms with E-state index in [0.717, 1.165) is 5.56 Å². The molecule has 2 aromatic carbocycles. The molecule has 0 unspecified atom stereocenters. The Kier molecular flexibility index (Phi) is 4.53. The van der Waals surface area contributed by atoms with Crippen LogP contribution in [0.4, 0.5) is 0 Å². The zero-order chi connectivity index (χ0) is 15.2. The molecular formula is C15H15N3O3. The Morgan fingerprint density at radius 1 is 1.05 bits per heavy atom. The fourth-order valence-electron chi connectivity index (χ4n) is 1.79. The van der Waals surface area contributed by atoms with Crippen LogP contribution in [0.1, 0.15) is 26.3 Å². The van der Waals surface area contributed by atoms with Gasteiger partial charge in [0.2, 0.25) is 0 Å². The molecule has 2 rings (SSSR count). The molecule has 0 saturated heterocycles. The van der Waals surface area contributed by atoms with Crippen LogP contribution >= 0.6 is 0 Å². The third-order valence-corrected chi connectivity index (χ3v) is 2.89. The zero-order valence-corrected chi connectivity index (χ0v) is 11.2. The van der Waals surface area contributed by atoms with Crippen LogP contribution < -0.4 is 21.7 Å². The molecule has 0 aliphatic carbocycles. The van der Waals surface area contributed by atoms with Gasteiger partial charge in [0.15, 0.2) is 0 Å². The first kappa shape index (κ1) is 14.5. The number of ether oxygens (including phenoxy) is 1. The number of amides is 2. The summed E-state index contributed by atoms with van der Waals surface area (Å²) < 4.78 is 5.59. The monoisotopic (exact) mass is 285 g/mol. The summed E-state index contributed by atoms with van der Waals surface area (Å²) in [7, 11) is 0. The molecule has 108 valence electrons. The van der Waals surface area contributed by atoms with E-state index in [9.17, 15) is 9.59 Å². The molecule has 0 fully saturated rings. The molecule has 0 aliphatic heterocycles. The predicted molar refractivity (Wildman–Crippen MR) is 77.4 cm³/mol. The van der Waals surface area contributed by atoms with Gasteiger partial charge in [0.05, 0.1) is 5.56 Å². The van der Waals surface area contributed by atoms with Gasteiger partial charge in [0.25, 0.3) is 11.8 Å². The number of benzene rings is 2. The highest BCUT2D eigenvalue weighted by Crippen LogP contribution is 2.18. The summed E-state index contributed by atoms with van der Waals surface area (Å²) in [6.45, 7) is 0.259. The van der Waals surface area contributed by atoms with Crippen LogP contribution in [-0.4, -0.2) is 11.8 Å². The molecule has 0 radical (unpaired) electrons. The molecule has 0 spiro atoms. The number of hydrazine groups is 1. The smallest absolute Gasteiger partial charge is 0.265 e. The number of nitrogens with two attached hydrogens (primary N) is 2. The molecule has 21 heavy (non-hydrogen) atoms. The molecule has 0 bridgehead atoms. The van der Waals surface area contributed by atoms with E-state index >= 15 is 0 Å². The van der Waals surface area contributed by atoms with E-state index in [2.05, 4.69) is 5.43 Å². The summed E-state index contributed by atoms with van der Waals surface area (Å²) >= 11 is 0. The van der Waals surface area contributed by atoms with Gasteiger partial charge in [-0.2, -0.15) is 0 Å². The second-order valence-electron chi connectivity index (χ2n) is 4.32. The predicted octanol–water partition coefficient (Wildman–Crippen LogP) is 0.968. The van der Waals surface area contributed by atoms with Crippen LogP contribution in [0.5, 0.6) is 5.75 Å². The van der Waals surface area contributed by atoms with Crippen molar-refractivity contribution < 1.29 is 14.3 Å². The summed E-state index contributed by atoms with van der Waals surface area (Å²) in [6.07, 6.45) is 0. The van der Waals surface area contributed by atoms with Crippen LogP contribution in [-0.2, 0) is 6.61 Å². The van der Waals surface area contributed by atoms with Crippen LogP contribution in [0.2, 0.25) is 0 Å². The number of rotatable bonds is 5. The maximum atomic E-state index is 11.3. The lowest BCUT2D eigenvalue weighted by Crippen LogP contribution is -2.29. The zero-order valence-electron chi connectivity index (χ0n) is 11.2. The Morgan fingerprint density at radius 3 is 2.33 bits per heavy atom. The van der Waals surface area contributed by atoms with Crippen molar-refractivity contribution in [1.29, 1.82) is 0 Å². The number of carbonyl (C=O) groups excluding carboxylic acids is 2. The van der Waals surface area contributed by atoms with Crippen LogP contribution in [0, 0.1) is 0 Å². The van der Waals surface area contributed by atoms with Crippen LogP contribution in [0.25, 0.3) is 0 Å². The van der Waals surface area contributed by atoms with Gasteiger partial charge in [-0.15, -0.1) is 0 Å². The summed E-state index contributed by atoms with van der Waals surface area (Å²) in [4.78, 5) is 22.6. The van der Waals surface area contributed by atoms with Crippen LogP contribution in [0.3, 0.4) is 0 Å². The van der Waals surface area contributed by atoms with Gasteiger partial charge in [0, 0.05) is 5.56 Å². The van der Waals surface area contributed by atoms with Gasteiger partial charge in [-0.25, -0.2) is 5.84 Å². The van der Waals surface area contributed by atoms with Gasteiger partial charge < -0.3 is 10.5 Å². The topological polar surface area (TPSA) is 107 Å². The SMILES string of the molecule is NNC(=O)c1ccc(COc2ccccc2C(N)=O)cc1. The van der Waals surface area contributed by atoms with E-state index in [1.807, 2.05) is 0 Å². The summed E-state index contributed by atoms with van der Waals surface area (Å²) in [5.74, 6) is 4.58. The van der Waals surface area contributed by atoms with Crippen molar-refractivity contribution in [3.63, 3.8) is 0 Å². The van der Waals surface area contributed by atoms with Crippen molar-refractivity contribution in [2.24, 2.45) is 11.6 Å². The number of nitrogens with one attached hydrogen (secondary N) is 1. The van der Waals surface area contributed by atoms with Crippen LogP contribution in [0.15, 0.2) is 48.5 Å². The second-order valence-corrected chi connectivity index (χ2v) is 4.32. The normalized spacial score (nSPS) is 9.95. The van der Waals surface area contributed by atoms with E-state index in [0.29, 0.717) is 16.9 Å². The Hall–Kier alpha value is -2.86. The first-order valence-corrected chi connectivity index (χ1v) is 6.23. The molecule has 0 aliphatic rings. The summed E-state index contributed by atoms with van der Waals surface area (Å²) in [5.41, 5.74) is 8.97. The fraction of sp³-hybridized carbons (Fsp3) is 0.0667. The Bertz CT molecular complexity index is 653. The molecule has 2 aromatic rings. The largest absolute Gasteiger partial charge is 0.488 e. The number of hydrogen-bond acceptors (Lipinski definition) is 4. The molecule has 6 heteroatoms. The highest BCUT2D eigenvalue weighted by atomic mass is 16.5. The number of para-hydroxylation sites is 1. The van der Waals surface area contributed by atoms with Gasteiger partial charge in [-0.3, -0.25) is 15.0 Å². The quantitative estimate of drug-likeness (QED) is 0.432. The van der Waals surface area contributed by atoms with Crippen molar-refractivity contribution >= 4 is 11.8 Å². The minimum absolute atomic E-state index is 0.259. The fourth-order valence-corrected chi connectivity index (χ4v) is 1.79. The highest BCUT2D eigenvalue weighted by molar-refractivity contribution is 5.95.